The maximum Gasteiger partial charge on any atom is 0.323 e. The molecule has 0 atom stereocenters. The number of urea groups is 1. The van der Waals surface area contributed by atoms with Crippen molar-refractivity contribution < 1.29 is 4.79 Å². The van der Waals surface area contributed by atoms with Gasteiger partial charge >= 0.3 is 6.03 Å². The van der Waals surface area contributed by atoms with Crippen LogP contribution in [0.4, 0.5) is 16.3 Å². The molecule has 2 heterocycles. The van der Waals surface area contributed by atoms with E-state index in [1.807, 2.05) is 24.9 Å². The first-order valence-corrected chi connectivity index (χ1v) is 8.33. The summed E-state index contributed by atoms with van der Waals surface area (Å²) >= 11 is 0. The topological polar surface area (TPSA) is 53.4 Å². The van der Waals surface area contributed by atoms with Gasteiger partial charge in [0.25, 0.3) is 0 Å². The average Bonchev–Trinajstić information content (AvgIpc) is 2.88. The van der Waals surface area contributed by atoms with Gasteiger partial charge in [-0.3, -0.25) is 10.00 Å². The number of aryl methyl sites for hydroxylation is 3. The zero-order valence-corrected chi connectivity index (χ0v) is 14.8. The number of rotatable bonds is 2. The number of nitrogens with one attached hydrogen (secondary N) is 1. The van der Waals surface area contributed by atoms with Crippen molar-refractivity contribution >= 4 is 17.5 Å². The number of anilines is 2. The molecule has 1 fully saturated rings. The minimum atomic E-state index is -0.0753. The van der Waals surface area contributed by atoms with E-state index in [9.17, 15) is 4.79 Å². The number of aromatic nitrogens is 2. The molecule has 1 aliphatic rings. The smallest absolute Gasteiger partial charge is 0.323 e. The van der Waals surface area contributed by atoms with Gasteiger partial charge in [-0.1, -0.05) is 12.1 Å². The molecule has 24 heavy (non-hydrogen) atoms. The second-order valence-corrected chi connectivity index (χ2v) is 6.42. The molecule has 0 spiro atoms. The summed E-state index contributed by atoms with van der Waals surface area (Å²) in [4.78, 5) is 16.6. The second kappa shape index (κ2) is 6.55. The Kier molecular flexibility index (Phi) is 4.46. The first-order chi connectivity index (χ1) is 11.5. The Morgan fingerprint density at radius 2 is 1.83 bits per heavy atom. The van der Waals surface area contributed by atoms with Gasteiger partial charge in [-0.2, -0.15) is 5.10 Å². The molecule has 6 nitrogen and oxygen atoms in total. The summed E-state index contributed by atoms with van der Waals surface area (Å²) in [6.07, 6.45) is 0. The van der Waals surface area contributed by atoms with Crippen LogP contribution < -0.4 is 10.2 Å². The zero-order valence-electron chi connectivity index (χ0n) is 14.8. The number of carbonyl (C=O) groups excluding carboxylic acids is 1. The SMILES string of the molecule is Cc1cccc(N2CCN(C(=O)Nc3cc(C)n(C)n3)CC2)c1C. The highest BCUT2D eigenvalue weighted by molar-refractivity contribution is 5.88. The van der Waals surface area contributed by atoms with E-state index in [1.54, 1.807) is 4.68 Å². The molecule has 2 aromatic rings. The Labute approximate surface area is 143 Å². The lowest BCUT2D eigenvalue weighted by Gasteiger charge is -2.36. The molecule has 1 saturated heterocycles. The van der Waals surface area contributed by atoms with Gasteiger partial charge in [-0.15, -0.1) is 0 Å². The first-order valence-electron chi connectivity index (χ1n) is 8.33. The van der Waals surface area contributed by atoms with Crippen LogP contribution >= 0.6 is 0 Å². The van der Waals surface area contributed by atoms with E-state index in [1.165, 1.54) is 16.8 Å². The Bertz CT molecular complexity index is 724. The van der Waals surface area contributed by atoms with Crippen LogP contribution in [0.3, 0.4) is 0 Å². The summed E-state index contributed by atoms with van der Waals surface area (Å²) < 4.78 is 1.76. The quantitative estimate of drug-likeness (QED) is 0.923. The lowest BCUT2D eigenvalue weighted by Crippen LogP contribution is -2.50. The predicted octanol–water partition coefficient (Wildman–Crippen LogP) is 2.70. The Morgan fingerprint density at radius 1 is 1.12 bits per heavy atom. The van der Waals surface area contributed by atoms with Gasteiger partial charge in [0.15, 0.2) is 5.82 Å². The summed E-state index contributed by atoms with van der Waals surface area (Å²) in [5.74, 6) is 0.608. The van der Waals surface area contributed by atoms with Crippen LogP contribution in [-0.2, 0) is 7.05 Å². The van der Waals surface area contributed by atoms with E-state index in [0.29, 0.717) is 18.9 Å². The van der Waals surface area contributed by atoms with Gasteiger partial charge in [-0.25, -0.2) is 4.79 Å². The van der Waals surface area contributed by atoms with Crippen LogP contribution in [0.15, 0.2) is 24.3 Å². The largest absolute Gasteiger partial charge is 0.368 e. The molecule has 0 unspecified atom stereocenters. The van der Waals surface area contributed by atoms with Crippen molar-refractivity contribution in [2.24, 2.45) is 7.05 Å². The summed E-state index contributed by atoms with van der Waals surface area (Å²) in [5.41, 5.74) is 4.91. The van der Waals surface area contributed by atoms with Crippen molar-refractivity contribution in [1.29, 1.82) is 0 Å². The van der Waals surface area contributed by atoms with Gasteiger partial charge in [0.05, 0.1) is 0 Å². The third kappa shape index (κ3) is 3.22. The van der Waals surface area contributed by atoms with E-state index in [2.05, 4.69) is 47.4 Å². The molecule has 1 aromatic carbocycles. The molecule has 3 rings (SSSR count). The number of hydrogen-bond donors (Lipinski definition) is 1. The van der Waals surface area contributed by atoms with Crippen molar-refractivity contribution in [3.63, 3.8) is 0 Å². The molecule has 0 bridgehead atoms. The normalized spacial score (nSPS) is 14.8. The number of hydrogen-bond acceptors (Lipinski definition) is 3. The highest BCUT2D eigenvalue weighted by atomic mass is 16.2. The summed E-state index contributed by atoms with van der Waals surface area (Å²) in [6, 6.07) is 8.20. The van der Waals surface area contributed by atoms with E-state index in [-0.39, 0.29) is 6.03 Å². The minimum Gasteiger partial charge on any atom is -0.368 e. The van der Waals surface area contributed by atoms with Gasteiger partial charge < -0.3 is 9.80 Å². The molecule has 1 aliphatic heterocycles. The minimum absolute atomic E-state index is 0.0753. The number of benzene rings is 1. The monoisotopic (exact) mass is 327 g/mol. The first kappa shape index (κ1) is 16.4. The Hall–Kier alpha value is -2.50. The van der Waals surface area contributed by atoms with Crippen molar-refractivity contribution in [3.05, 3.63) is 41.1 Å². The molecule has 0 saturated carbocycles. The third-order valence-electron chi connectivity index (χ3n) is 4.83. The zero-order chi connectivity index (χ0) is 17.3. The summed E-state index contributed by atoms with van der Waals surface area (Å²) in [7, 11) is 1.87. The summed E-state index contributed by atoms with van der Waals surface area (Å²) in [5, 5.41) is 7.16. The number of amides is 2. The molecule has 2 amide bonds. The standard InChI is InChI=1S/C18H25N5O/c1-13-6-5-7-16(15(13)3)22-8-10-23(11-9-22)18(24)19-17-12-14(2)21(4)20-17/h5-7,12H,8-11H2,1-4H3,(H,19,20,24). The molecule has 1 aromatic heterocycles. The molecule has 128 valence electrons. The van der Waals surface area contributed by atoms with Crippen LogP contribution in [0, 0.1) is 20.8 Å². The molecule has 6 heteroatoms. The molecule has 0 aliphatic carbocycles. The van der Waals surface area contributed by atoms with E-state index >= 15 is 0 Å². The average molecular weight is 327 g/mol. The maximum atomic E-state index is 12.4. The van der Waals surface area contributed by atoms with Crippen molar-refractivity contribution in [2.75, 3.05) is 36.4 Å². The van der Waals surface area contributed by atoms with Gasteiger partial charge in [0, 0.05) is 50.7 Å². The molecule has 0 radical (unpaired) electrons. The van der Waals surface area contributed by atoms with Crippen LogP contribution in [0.25, 0.3) is 0 Å². The third-order valence-corrected chi connectivity index (χ3v) is 4.83. The number of carbonyl (C=O) groups is 1. The van der Waals surface area contributed by atoms with E-state index in [0.717, 1.165) is 18.8 Å². The maximum absolute atomic E-state index is 12.4. The summed E-state index contributed by atoms with van der Waals surface area (Å²) in [6.45, 7) is 9.38. The van der Waals surface area contributed by atoms with Crippen molar-refractivity contribution in [3.8, 4) is 0 Å². The van der Waals surface area contributed by atoms with Crippen LogP contribution in [0.2, 0.25) is 0 Å². The molecule has 1 N–H and O–H groups in total. The number of piperazine rings is 1. The molecular formula is C18H25N5O. The van der Waals surface area contributed by atoms with E-state index < -0.39 is 0 Å². The lowest BCUT2D eigenvalue weighted by molar-refractivity contribution is 0.208. The Balaban J connectivity index is 1.60. The van der Waals surface area contributed by atoms with Gasteiger partial charge in [-0.05, 0) is 38.0 Å². The number of nitrogens with zero attached hydrogens (tertiary/aromatic N) is 4. The van der Waals surface area contributed by atoms with Crippen LogP contribution in [-0.4, -0.2) is 46.9 Å². The second-order valence-electron chi connectivity index (χ2n) is 6.42. The molecular weight excluding hydrogens is 302 g/mol. The van der Waals surface area contributed by atoms with Gasteiger partial charge in [0.1, 0.15) is 0 Å². The predicted molar refractivity (Wildman–Crippen MR) is 96.7 cm³/mol. The van der Waals surface area contributed by atoms with Crippen LogP contribution in [0.1, 0.15) is 16.8 Å². The van der Waals surface area contributed by atoms with E-state index in [4.69, 9.17) is 0 Å². The Morgan fingerprint density at radius 3 is 2.46 bits per heavy atom. The fourth-order valence-corrected chi connectivity index (χ4v) is 3.04. The van der Waals surface area contributed by atoms with Crippen LogP contribution in [0.5, 0.6) is 0 Å². The van der Waals surface area contributed by atoms with Crippen molar-refractivity contribution in [2.45, 2.75) is 20.8 Å². The van der Waals surface area contributed by atoms with Gasteiger partial charge in [0.2, 0.25) is 0 Å². The highest BCUT2D eigenvalue weighted by Gasteiger charge is 2.22. The fraction of sp³-hybridized carbons (Fsp3) is 0.444. The highest BCUT2D eigenvalue weighted by Crippen LogP contribution is 2.24. The lowest BCUT2D eigenvalue weighted by atomic mass is 10.1. The fourth-order valence-electron chi connectivity index (χ4n) is 3.04. The van der Waals surface area contributed by atoms with Crippen molar-refractivity contribution in [1.82, 2.24) is 14.7 Å².